The summed E-state index contributed by atoms with van der Waals surface area (Å²) >= 11 is 0. The van der Waals surface area contributed by atoms with Gasteiger partial charge in [0.15, 0.2) is 5.69 Å². The Labute approximate surface area is 146 Å². The molecule has 1 aromatic heterocycles. The Morgan fingerprint density at radius 1 is 1.36 bits per heavy atom. The van der Waals surface area contributed by atoms with Gasteiger partial charge < -0.3 is 10.0 Å². The molecule has 2 heterocycles. The van der Waals surface area contributed by atoms with Crippen molar-refractivity contribution in [3.63, 3.8) is 0 Å². The zero-order chi connectivity index (χ0) is 17.8. The Bertz CT molecular complexity index is 725. The molecule has 134 valence electrons. The summed E-state index contributed by atoms with van der Waals surface area (Å²) in [6.45, 7) is 3.43. The van der Waals surface area contributed by atoms with Crippen LogP contribution in [0.3, 0.4) is 0 Å². The van der Waals surface area contributed by atoms with E-state index >= 15 is 0 Å². The molecule has 0 saturated carbocycles. The highest BCUT2D eigenvalue weighted by Crippen LogP contribution is 2.23. The number of hydrogen-bond acceptors (Lipinski definition) is 4. The molecule has 6 nitrogen and oxygen atoms in total. The minimum Gasteiger partial charge on any atom is -0.393 e. The summed E-state index contributed by atoms with van der Waals surface area (Å²) in [4.78, 5) is 14.3. The first-order valence-corrected chi connectivity index (χ1v) is 8.69. The number of carbonyl (C=O) groups excluding carboxylic acids is 1. The molecule has 1 N–H and O–H groups in total. The van der Waals surface area contributed by atoms with Gasteiger partial charge in [-0.15, -0.1) is 5.10 Å². The van der Waals surface area contributed by atoms with E-state index in [-0.39, 0.29) is 36.0 Å². The first kappa shape index (κ1) is 17.5. The molecule has 1 aliphatic heterocycles. The van der Waals surface area contributed by atoms with Crippen LogP contribution in [0.4, 0.5) is 4.39 Å². The third kappa shape index (κ3) is 4.04. The Morgan fingerprint density at radius 3 is 2.76 bits per heavy atom. The van der Waals surface area contributed by atoms with Crippen molar-refractivity contribution >= 4 is 5.91 Å². The van der Waals surface area contributed by atoms with E-state index in [9.17, 15) is 14.3 Å². The van der Waals surface area contributed by atoms with E-state index in [2.05, 4.69) is 10.3 Å². The molecule has 7 heteroatoms. The predicted octanol–water partition coefficient (Wildman–Crippen LogP) is 2.09. The second-order valence-corrected chi connectivity index (χ2v) is 6.50. The van der Waals surface area contributed by atoms with Gasteiger partial charge in [0.1, 0.15) is 5.82 Å². The van der Waals surface area contributed by atoms with Crippen molar-refractivity contribution in [3.8, 4) is 0 Å². The second kappa shape index (κ2) is 7.74. The first-order valence-electron chi connectivity index (χ1n) is 8.69. The van der Waals surface area contributed by atoms with Crippen LogP contribution in [0.5, 0.6) is 0 Å². The average molecular weight is 346 g/mol. The SMILES string of the molecule is CCC(O)C1CCN(C(=O)c2cn(Cc3ccccc3F)nn2)CC1. The third-order valence-electron chi connectivity index (χ3n) is 4.84. The van der Waals surface area contributed by atoms with Crippen LogP contribution < -0.4 is 0 Å². The van der Waals surface area contributed by atoms with Crippen LogP contribution in [-0.2, 0) is 6.54 Å². The normalized spacial score (nSPS) is 16.8. The fourth-order valence-electron chi connectivity index (χ4n) is 3.26. The molecule has 2 aromatic rings. The summed E-state index contributed by atoms with van der Waals surface area (Å²) in [7, 11) is 0. The number of halogens is 1. The number of aromatic nitrogens is 3. The zero-order valence-corrected chi connectivity index (χ0v) is 14.3. The molecule has 3 rings (SSSR count). The van der Waals surface area contributed by atoms with Gasteiger partial charge in [0.05, 0.1) is 18.8 Å². The Morgan fingerprint density at radius 2 is 2.08 bits per heavy atom. The van der Waals surface area contributed by atoms with Gasteiger partial charge in [-0.1, -0.05) is 30.3 Å². The summed E-state index contributed by atoms with van der Waals surface area (Å²) in [6, 6.07) is 6.47. The van der Waals surface area contributed by atoms with Gasteiger partial charge in [-0.2, -0.15) is 0 Å². The number of likely N-dealkylation sites (tertiary alicyclic amines) is 1. The molecule has 1 atom stereocenters. The van der Waals surface area contributed by atoms with Crippen LogP contribution in [0.15, 0.2) is 30.5 Å². The molecular formula is C18H23FN4O2. The van der Waals surface area contributed by atoms with Crippen LogP contribution in [0, 0.1) is 11.7 Å². The van der Waals surface area contributed by atoms with Gasteiger partial charge >= 0.3 is 0 Å². The molecule has 0 aliphatic carbocycles. The van der Waals surface area contributed by atoms with E-state index in [4.69, 9.17) is 0 Å². The molecule has 1 aliphatic rings. The van der Waals surface area contributed by atoms with Gasteiger partial charge in [-0.05, 0) is 31.2 Å². The predicted molar refractivity (Wildman–Crippen MR) is 90.4 cm³/mol. The van der Waals surface area contributed by atoms with Gasteiger partial charge in [0.2, 0.25) is 0 Å². The number of nitrogens with zero attached hydrogens (tertiary/aromatic N) is 4. The lowest BCUT2D eigenvalue weighted by molar-refractivity contribution is 0.0450. The maximum Gasteiger partial charge on any atom is 0.276 e. The lowest BCUT2D eigenvalue weighted by Crippen LogP contribution is -2.41. The maximum atomic E-state index is 13.7. The second-order valence-electron chi connectivity index (χ2n) is 6.50. The largest absolute Gasteiger partial charge is 0.393 e. The fraction of sp³-hybridized carbons (Fsp3) is 0.500. The van der Waals surface area contributed by atoms with Crippen LogP contribution >= 0.6 is 0 Å². The quantitative estimate of drug-likeness (QED) is 0.900. The molecule has 1 fully saturated rings. The highest BCUT2D eigenvalue weighted by atomic mass is 19.1. The molecule has 25 heavy (non-hydrogen) atoms. The standard InChI is InChI=1S/C18H23FN4O2/c1-2-17(24)13-7-9-22(10-8-13)18(25)16-12-23(21-20-16)11-14-5-3-4-6-15(14)19/h3-6,12-13,17,24H,2,7-11H2,1H3. The highest BCUT2D eigenvalue weighted by molar-refractivity contribution is 5.92. The molecule has 0 bridgehead atoms. The summed E-state index contributed by atoms with van der Waals surface area (Å²) in [6.07, 6.45) is 3.60. The summed E-state index contributed by atoms with van der Waals surface area (Å²) in [5, 5.41) is 17.8. The van der Waals surface area contributed by atoms with E-state index in [1.807, 2.05) is 6.92 Å². The number of aliphatic hydroxyl groups is 1. The van der Waals surface area contributed by atoms with Crippen LogP contribution in [0.25, 0.3) is 0 Å². The molecule has 0 radical (unpaired) electrons. The van der Waals surface area contributed by atoms with Crippen molar-refractivity contribution in [1.82, 2.24) is 19.9 Å². The third-order valence-corrected chi connectivity index (χ3v) is 4.84. The summed E-state index contributed by atoms with van der Waals surface area (Å²) in [5.74, 6) is -0.211. The Kier molecular flexibility index (Phi) is 5.43. The number of piperidine rings is 1. The highest BCUT2D eigenvalue weighted by Gasteiger charge is 2.28. The number of carbonyl (C=O) groups is 1. The molecular weight excluding hydrogens is 323 g/mol. The van der Waals surface area contributed by atoms with Gasteiger partial charge in [-0.3, -0.25) is 4.79 Å². The van der Waals surface area contributed by atoms with Crippen molar-refractivity contribution in [3.05, 3.63) is 47.5 Å². The minimum absolute atomic E-state index is 0.163. The lowest BCUT2D eigenvalue weighted by atomic mass is 9.90. The van der Waals surface area contributed by atoms with Crippen molar-refractivity contribution in [1.29, 1.82) is 0 Å². The number of amides is 1. The smallest absolute Gasteiger partial charge is 0.276 e. The maximum absolute atomic E-state index is 13.7. The molecule has 1 amide bonds. The van der Waals surface area contributed by atoms with E-state index in [1.54, 1.807) is 29.3 Å². The van der Waals surface area contributed by atoms with Crippen molar-refractivity contribution < 1.29 is 14.3 Å². The van der Waals surface area contributed by atoms with Crippen molar-refractivity contribution in [2.75, 3.05) is 13.1 Å². The monoisotopic (exact) mass is 346 g/mol. The van der Waals surface area contributed by atoms with Crippen LogP contribution in [-0.4, -0.2) is 50.1 Å². The zero-order valence-electron chi connectivity index (χ0n) is 14.3. The molecule has 1 aromatic carbocycles. The van der Waals surface area contributed by atoms with E-state index in [0.717, 1.165) is 19.3 Å². The van der Waals surface area contributed by atoms with Crippen LogP contribution in [0.1, 0.15) is 42.2 Å². The van der Waals surface area contributed by atoms with Crippen LogP contribution in [0.2, 0.25) is 0 Å². The summed E-state index contributed by atoms with van der Waals surface area (Å²) < 4.78 is 15.2. The van der Waals surface area contributed by atoms with Gasteiger partial charge in [0.25, 0.3) is 5.91 Å². The molecule has 1 unspecified atom stereocenters. The Hall–Kier alpha value is -2.28. The van der Waals surface area contributed by atoms with Crippen molar-refractivity contribution in [2.24, 2.45) is 5.92 Å². The van der Waals surface area contributed by atoms with E-state index < -0.39 is 0 Å². The minimum atomic E-state index is -0.303. The lowest BCUT2D eigenvalue weighted by Gasteiger charge is -2.33. The Balaban J connectivity index is 1.61. The number of aliphatic hydroxyl groups excluding tert-OH is 1. The first-order chi connectivity index (χ1) is 12.1. The fourth-order valence-corrected chi connectivity index (χ4v) is 3.26. The number of benzene rings is 1. The molecule has 1 saturated heterocycles. The van der Waals surface area contributed by atoms with Crippen molar-refractivity contribution in [2.45, 2.75) is 38.8 Å². The van der Waals surface area contributed by atoms with E-state index in [0.29, 0.717) is 18.7 Å². The number of rotatable bonds is 5. The number of hydrogen-bond donors (Lipinski definition) is 1. The summed E-state index contributed by atoms with van der Waals surface area (Å²) in [5.41, 5.74) is 0.770. The topological polar surface area (TPSA) is 71.2 Å². The van der Waals surface area contributed by atoms with E-state index in [1.165, 1.54) is 10.7 Å². The average Bonchev–Trinajstić information content (AvgIpc) is 3.11. The van der Waals surface area contributed by atoms with Gasteiger partial charge in [0, 0.05) is 18.7 Å². The van der Waals surface area contributed by atoms with Gasteiger partial charge in [-0.25, -0.2) is 9.07 Å². The molecule has 0 spiro atoms.